The number of benzene rings is 1. The van der Waals surface area contributed by atoms with Gasteiger partial charge in [0.05, 0.1) is 0 Å². The third-order valence-electron chi connectivity index (χ3n) is 4.41. The molecule has 1 fully saturated rings. The molecule has 1 aliphatic heterocycles. The van der Waals surface area contributed by atoms with Crippen molar-refractivity contribution in [3.63, 3.8) is 0 Å². The van der Waals surface area contributed by atoms with E-state index < -0.39 is 0 Å². The normalized spacial score (nSPS) is 18.7. The number of halogens is 1. The molecule has 0 saturated carbocycles. The summed E-state index contributed by atoms with van der Waals surface area (Å²) in [5, 5.41) is 0.868. The maximum Gasteiger partial charge on any atom is 0.0408 e. The molecule has 1 saturated heterocycles. The summed E-state index contributed by atoms with van der Waals surface area (Å²) in [6.07, 6.45) is 10.7. The van der Waals surface area contributed by atoms with Gasteiger partial charge in [-0.25, -0.2) is 0 Å². The van der Waals surface area contributed by atoms with E-state index in [9.17, 15) is 0 Å². The Labute approximate surface area is 129 Å². The molecule has 2 rings (SSSR count). The van der Waals surface area contributed by atoms with Gasteiger partial charge in [-0.2, -0.15) is 0 Å². The summed E-state index contributed by atoms with van der Waals surface area (Å²) < 4.78 is 0. The molecule has 1 atom stereocenters. The zero-order chi connectivity index (χ0) is 14.2. The Bertz CT molecular complexity index is 383. The van der Waals surface area contributed by atoms with Crippen LogP contribution in [0.4, 0.5) is 0 Å². The molecule has 2 heteroatoms. The van der Waals surface area contributed by atoms with Crippen molar-refractivity contribution in [1.82, 2.24) is 4.90 Å². The summed E-state index contributed by atoms with van der Waals surface area (Å²) in [5.41, 5.74) is 1.39. The van der Waals surface area contributed by atoms with Gasteiger partial charge in [-0.3, -0.25) is 0 Å². The van der Waals surface area contributed by atoms with E-state index in [1.54, 1.807) is 0 Å². The monoisotopic (exact) mass is 293 g/mol. The maximum absolute atomic E-state index is 6.13. The molecule has 1 aliphatic rings. The largest absolute Gasteiger partial charge is 0.300 e. The number of rotatable bonds is 6. The van der Waals surface area contributed by atoms with Crippen molar-refractivity contribution in [3.05, 3.63) is 34.9 Å². The van der Waals surface area contributed by atoms with Gasteiger partial charge in [0.1, 0.15) is 0 Å². The van der Waals surface area contributed by atoms with Gasteiger partial charge in [-0.15, -0.1) is 0 Å². The van der Waals surface area contributed by atoms with Gasteiger partial charge in [0.25, 0.3) is 0 Å². The Morgan fingerprint density at radius 3 is 2.55 bits per heavy atom. The van der Waals surface area contributed by atoms with Crippen molar-refractivity contribution in [2.75, 3.05) is 13.1 Å². The first-order chi connectivity index (χ1) is 9.79. The van der Waals surface area contributed by atoms with Crippen molar-refractivity contribution in [2.24, 2.45) is 0 Å². The minimum atomic E-state index is 0.700. The molecule has 20 heavy (non-hydrogen) atoms. The lowest BCUT2D eigenvalue weighted by Gasteiger charge is -2.31. The first-order valence-electron chi connectivity index (χ1n) is 8.28. The van der Waals surface area contributed by atoms with Crippen LogP contribution < -0.4 is 0 Å². The highest BCUT2D eigenvalue weighted by Crippen LogP contribution is 2.21. The van der Waals surface area contributed by atoms with Gasteiger partial charge in [-0.1, -0.05) is 56.3 Å². The molecule has 0 aliphatic carbocycles. The highest BCUT2D eigenvalue weighted by Gasteiger charge is 2.19. The number of unbranched alkanes of at least 4 members (excludes halogenated alkanes) is 1. The van der Waals surface area contributed by atoms with E-state index in [4.69, 9.17) is 11.6 Å². The number of likely N-dealkylation sites (tertiary alicyclic amines) is 1. The Morgan fingerprint density at radius 2 is 1.90 bits per heavy atom. The third-order valence-corrected chi connectivity index (χ3v) is 4.64. The number of hydrogen-bond acceptors (Lipinski definition) is 1. The molecule has 1 aromatic carbocycles. The summed E-state index contributed by atoms with van der Waals surface area (Å²) in [6, 6.07) is 9.11. The van der Waals surface area contributed by atoms with Crippen LogP contribution in [-0.4, -0.2) is 24.0 Å². The van der Waals surface area contributed by atoms with Crippen LogP contribution in [0.1, 0.15) is 57.4 Å². The smallest absolute Gasteiger partial charge is 0.0408 e. The van der Waals surface area contributed by atoms with E-state index in [1.807, 2.05) is 6.07 Å². The van der Waals surface area contributed by atoms with Crippen LogP contribution in [-0.2, 0) is 6.42 Å². The maximum atomic E-state index is 6.13. The Morgan fingerprint density at radius 1 is 1.15 bits per heavy atom. The molecule has 1 heterocycles. The van der Waals surface area contributed by atoms with E-state index in [2.05, 4.69) is 30.0 Å². The fourth-order valence-corrected chi connectivity index (χ4v) is 3.46. The van der Waals surface area contributed by atoms with Gasteiger partial charge in [-0.05, 0) is 56.5 Å². The van der Waals surface area contributed by atoms with Crippen LogP contribution >= 0.6 is 11.6 Å². The molecule has 1 unspecified atom stereocenters. The van der Waals surface area contributed by atoms with Crippen LogP contribution in [0.2, 0.25) is 5.02 Å². The first-order valence-corrected chi connectivity index (χ1v) is 8.66. The lowest BCUT2D eigenvalue weighted by Crippen LogP contribution is -2.37. The second-order valence-corrected chi connectivity index (χ2v) is 6.52. The predicted octanol–water partition coefficient (Wildman–Crippen LogP) is 5.32. The summed E-state index contributed by atoms with van der Waals surface area (Å²) in [6.45, 7) is 4.86. The quantitative estimate of drug-likeness (QED) is 0.686. The van der Waals surface area contributed by atoms with E-state index in [1.165, 1.54) is 63.6 Å². The molecule has 0 N–H and O–H groups in total. The van der Waals surface area contributed by atoms with E-state index >= 15 is 0 Å². The van der Waals surface area contributed by atoms with Crippen molar-refractivity contribution in [2.45, 2.75) is 64.3 Å². The Balaban J connectivity index is 2.01. The summed E-state index contributed by atoms with van der Waals surface area (Å²) >= 11 is 6.13. The molecular formula is C18H28ClN. The standard InChI is InChI=1S/C18H28ClN/c1-2-3-11-18(20-12-6-4-5-7-13-20)15-16-9-8-10-17(19)14-16/h8-10,14,18H,2-7,11-13,15H2,1H3. The van der Waals surface area contributed by atoms with Crippen molar-refractivity contribution in [3.8, 4) is 0 Å². The lowest BCUT2D eigenvalue weighted by molar-refractivity contribution is 0.189. The van der Waals surface area contributed by atoms with Crippen LogP contribution in [0.25, 0.3) is 0 Å². The van der Waals surface area contributed by atoms with Gasteiger partial charge in [0.15, 0.2) is 0 Å². The Hall–Kier alpha value is -0.530. The highest BCUT2D eigenvalue weighted by molar-refractivity contribution is 6.30. The SMILES string of the molecule is CCCCC(Cc1cccc(Cl)c1)N1CCCCCC1. The van der Waals surface area contributed by atoms with E-state index in [0.717, 1.165) is 11.4 Å². The fourth-order valence-electron chi connectivity index (χ4n) is 3.25. The van der Waals surface area contributed by atoms with Crippen LogP contribution in [0.5, 0.6) is 0 Å². The second kappa shape index (κ2) is 8.69. The molecule has 112 valence electrons. The highest BCUT2D eigenvalue weighted by atomic mass is 35.5. The van der Waals surface area contributed by atoms with Gasteiger partial charge in [0, 0.05) is 11.1 Å². The molecule has 0 radical (unpaired) electrons. The van der Waals surface area contributed by atoms with Gasteiger partial charge < -0.3 is 4.90 Å². The van der Waals surface area contributed by atoms with Crippen LogP contribution in [0.3, 0.4) is 0 Å². The zero-order valence-electron chi connectivity index (χ0n) is 12.8. The average molecular weight is 294 g/mol. The van der Waals surface area contributed by atoms with Gasteiger partial charge >= 0.3 is 0 Å². The van der Waals surface area contributed by atoms with E-state index in [-0.39, 0.29) is 0 Å². The van der Waals surface area contributed by atoms with Gasteiger partial charge in [0.2, 0.25) is 0 Å². The lowest BCUT2D eigenvalue weighted by atomic mass is 9.99. The molecule has 0 spiro atoms. The number of hydrogen-bond donors (Lipinski definition) is 0. The molecule has 1 nitrogen and oxygen atoms in total. The third kappa shape index (κ3) is 5.10. The molecule has 1 aromatic rings. The predicted molar refractivity (Wildman–Crippen MR) is 88.5 cm³/mol. The topological polar surface area (TPSA) is 3.24 Å². The van der Waals surface area contributed by atoms with Crippen molar-refractivity contribution in [1.29, 1.82) is 0 Å². The van der Waals surface area contributed by atoms with Crippen LogP contribution in [0.15, 0.2) is 24.3 Å². The molecule has 0 aromatic heterocycles. The molecule has 0 amide bonds. The molecular weight excluding hydrogens is 266 g/mol. The molecule has 0 bridgehead atoms. The Kier molecular flexibility index (Phi) is 6.89. The fraction of sp³-hybridized carbons (Fsp3) is 0.667. The van der Waals surface area contributed by atoms with Crippen molar-refractivity contribution >= 4 is 11.6 Å². The van der Waals surface area contributed by atoms with Crippen LogP contribution in [0, 0.1) is 0 Å². The van der Waals surface area contributed by atoms with Crippen molar-refractivity contribution < 1.29 is 0 Å². The zero-order valence-corrected chi connectivity index (χ0v) is 13.5. The second-order valence-electron chi connectivity index (χ2n) is 6.08. The minimum absolute atomic E-state index is 0.700. The van der Waals surface area contributed by atoms with E-state index in [0.29, 0.717) is 6.04 Å². The number of nitrogens with zero attached hydrogens (tertiary/aromatic N) is 1. The first kappa shape index (κ1) is 15.9. The summed E-state index contributed by atoms with van der Waals surface area (Å²) in [7, 11) is 0. The average Bonchev–Trinajstić information content (AvgIpc) is 2.72. The summed E-state index contributed by atoms with van der Waals surface area (Å²) in [4.78, 5) is 2.74. The summed E-state index contributed by atoms with van der Waals surface area (Å²) in [5.74, 6) is 0. The minimum Gasteiger partial charge on any atom is -0.300 e.